The molecule has 0 radical (unpaired) electrons. The highest BCUT2D eigenvalue weighted by Gasteiger charge is 2.27. The minimum atomic E-state index is -0.476. The van der Waals surface area contributed by atoms with Gasteiger partial charge in [0.15, 0.2) is 6.61 Å². The number of halogens is 1. The highest BCUT2D eigenvalue weighted by Crippen LogP contribution is 2.28. The van der Waals surface area contributed by atoms with Gasteiger partial charge in [-0.15, -0.1) is 0 Å². The van der Waals surface area contributed by atoms with Gasteiger partial charge in [0.2, 0.25) is 0 Å². The molecule has 1 N–H and O–H groups in total. The summed E-state index contributed by atoms with van der Waals surface area (Å²) in [6.45, 7) is -0.160. The van der Waals surface area contributed by atoms with E-state index in [0.717, 1.165) is 11.3 Å². The van der Waals surface area contributed by atoms with Crippen molar-refractivity contribution in [3.05, 3.63) is 53.1 Å². The maximum Gasteiger partial charge on any atom is 0.313 e. The number of hydrogen-bond acceptors (Lipinski definition) is 5. The molecule has 1 atom stereocenters. The Labute approximate surface area is 156 Å². The monoisotopic (exact) mass is 375 g/mol. The van der Waals surface area contributed by atoms with E-state index >= 15 is 0 Å². The minimum Gasteiger partial charge on any atom is -0.495 e. The van der Waals surface area contributed by atoms with Crippen molar-refractivity contribution in [1.82, 2.24) is 0 Å². The Hall–Kier alpha value is -2.73. The summed E-state index contributed by atoms with van der Waals surface area (Å²) in [5.41, 5.74) is 1.37. The third-order valence-electron chi connectivity index (χ3n) is 3.99. The molecule has 0 aromatic heterocycles. The predicted octanol–water partition coefficient (Wildman–Crippen LogP) is 3.08. The Morgan fingerprint density at radius 1 is 1.27 bits per heavy atom. The molecule has 136 valence electrons. The Morgan fingerprint density at radius 3 is 2.88 bits per heavy atom. The topological polar surface area (TPSA) is 73.9 Å². The van der Waals surface area contributed by atoms with Gasteiger partial charge in [0.05, 0.1) is 18.7 Å². The molecule has 0 spiro atoms. The van der Waals surface area contributed by atoms with Crippen LogP contribution in [0.2, 0.25) is 5.02 Å². The van der Waals surface area contributed by atoms with Crippen LogP contribution in [0.3, 0.4) is 0 Å². The van der Waals surface area contributed by atoms with Crippen LogP contribution in [0.5, 0.6) is 11.5 Å². The average molecular weight is 376 g/mol. The lowest BCUT2D eigenvalue weighted by Crippen LogP contribution is -2.31. The average Bonchev–Trinajstić information content (AvgIpc) is 2.66. The molecule has 2 aromatic rings. The molecule has 1 heterocycles. The van der Waals surface area contributed by atoms with Crippen molar-refractivity contribution >= 4 is 29.2 Å². The van der Waals surface area contributed by atoms with E-state index in [1.54, 1.807) is 18.2 Å². The van der Waals surface area contributed by atoms with Gasteiger partial charge >= 0.3 is 5.97 Å². The fourth-order valence-corrected chi connectivity index (χ4v) is 2.87. The number of rotatable bonds is 5. The first-order chi connectivity index (χ1) is 12.6. The third-order valence-corrected chi connectivity index (χ3v) is 4.23. The number of ether oxygens (including phenoxy) is 3. The van der Waals surface area contributed by atoms with Gasteiger partial charge < -0.3 is 19.5 Å². The molecule has 1 unspecified atom stereocenters. The lowest BCUT2D eigenvalue weighted by molar-refractivity contribution is -0.152. The van der Waals surface area contributed by atoms with E-state index in [9.17, 15) is 9.59 Å². The SMILES string of the molecule is COc1ccc(Cl)cc1NC(=O)COC(=O)C1COc2ccccc2C1. The lowest BCUT2D eigenvalue weighted by Gasteiger charge is -2.23. The Morgan fingerprint density at radius 2 is 2.08 bits per heavy atom. The van der Waals surface area contributed by atoms with E-state index < -0.39 is 24.4 Å². The van der Waals surface area contributed by atoms with Crippen LogP contribution < -0.4 is 14.8 Å². The zero-order valence-corrected chi connectivity index (χ0v) is 14.9. The quantitative estimate of drug-likeness (QED) is 0.813. The number of methoxy groups -OCH3 is 1. The van der Waals surface area contributed by atoms with Gasteiger partial charge in [-0.05, 0) is 36.2 Å². The second-order valence-corrected chi connectivity index (χ2v) is 6.26. The van der Waals surface area contributed by atoms with Gasteiger partial charge in [-0.3, -0.25) is 9.59 Å². The maximum absolute atomic E-state index is 12.2. The predicted molar refractivity (Wildman–Crippen MR) is 96.7 cm³/mol. The third kappa shape index (κ3) is 4.26. The number of carbonyl (C=O) groups excluding carboxylic acids is 2. The molecule has 0 fully saturated rings. The molecule has 3 rings (SSSR count). The number of fused-ring (bicyclic) bond motifs is 1. The van der Waals surface area contributed by atoms with E-state index in [1.165, 1.54) is 7.11 Å². The molecule has 26 heavy (non-hydrogen) atoms. The van der Waals surface area contributed by atoms with Crippen LogP contribution in [-0.4, -0.2) is 32.2 Å². The van der Waals surface area contributed by atoms with Gasteiger partial charge in [-0.2, -0.15) is 0 Å². The first-order valence-electron chi connectivity index (χ1n) is 8.07. The van der Waals surface area contributed by atoms with Crippen LogP contribution in [0, 0.1) is 5.92 Å². The maximum atomic E-state index is 12.2. The molecule has 0 aliphatic carbocycles. The summed E-state index contributed by atoms with van der Waals surface area (Å²) in [6.07, 6.45) is 0.527. The molecule has 1 aliphatic heterocycles. The van der Waals surface area contributed by atoms with Crippen molar-refractivity contribution in [2.45, 2.75) is 6.42 Å². The minimum absolute atomic E-state index is 0.236. The zero-order chi connectivity index (χ0) is 18.5. The van der Waals surface area contributed by atoms with Crippen LogP contribution in [0.15, 0.2) is 42.5 Å². The molecule has 0 bridgehead atoms. The van der Waals surface area contributed by atoms with Crippen LogP contribution >= 0.6 is 11.6 Å². The summed E-state index contributed by atoms with van der Waals surface area (Å²) in [7, 11) is 1.49. The standard InChI is InChI=1S/C19H18ClNO5/c1-24-17-7-6-14(20)9-15(17)21-18(22)11-26-19(23)13-8-12-4-2-3-5-16(12)25-10-13/h2-7,9,13H,8,10-11H2,1H3,(H,21,22). The van der Waals surface area contributed by atoms with E-state index in [-0.39, 0.29) is 6.61 Å². The Bertz CT molecular complexity index is 823. The fourth-order valence-electron chi connectivity index (χ4n) is 2.70. The molecule has 6 nitrogen and oxygen atoms in total. The summed E-state index contributed by atoms with van der Waals surface area (Å²) in [5, 5.41) is 3.07. The Balaban J connectivity index is 1.54. The van der Waals surface area contributed by atoms with Crippen LogP contribution in [0.4, 0.5) is 5.69 Å². The molecule has 7 heteroatoms. The van der Waals surface area contributed by atoms with Crippen molar-refractivity contribution in [2.24, 2.45) is 5.92 Å². The highest BCUT2D eigenvalue weighted by molar-refractivity contribution is 6.31. The van der Waals surface area contributed by atoms with Crippen LogP contribution in [0.1, 0.15) is 5.56 Å². The number of amides is 1. The summed E-state index contributed by atoms with van der Waals surface area (Å²) in [6, 6.07) is 12.4. The summed E-state index contributed by atoms with van der Waals surface area (Å²) >= 11 is 5.92. The molecular weight excluding hydrogens is 358 g/mol. The molecule has 0 saturated heterocycles. The van der Waals surface area contributed by atoms with Crippen molar-refractivity contribution < 1.29 is 23.8 Å². The van der Waals surface area contributed by atoms with E-state index in [0.29, 0.717) is 22.9 Å². The number of esters is 1. The van der Waals surface area contributed by atoms with Gasteiger partial charge in [-0.25, -0.2) is 0 Å². The second-order valence-electron chi connectivity index (χ2n) is 5.82. The number of anilines is 1. The smallest absolute Gasteiger partial charge is 0.313 e. The zero-order valence-electron chi connectivity index (χ0n) is 14.2. The number of para-hydroxylation sites is 1. The first kappa shape index (κ1) is 18.1. The highest BCUT2D eigenvalue weighted by atomic mass is 35.5. The van der Waals surface area contributed by atoms with Crippen LogP contribution in [-0.2, 0) is 20.7 Å². The Kier molecular flexibility index (Phi) is 5.63. The molecule has 0 saturated carbocycles. The number of benzene rings is 2. The van der Waals surface area contributed by atoms with Gasteiger partial charge in [-0.1, -0.05) is 29.8 Å². The number of carbonyl (C=O) groups is 2. The molecular formula is C19H18ClNO5. The van der Waals surface area contributed by atoms with Crippen LogP contribution in [0.25, 0.3) is 0 Å². The fraction of sp³-hybridized carbons (Fsp3) is 0.263. The summed E-state index contributed by atoms with van der Waals surface area (Å²) < 4.78 is 15.9. The molecule has 1 aliphatic rings. The van der Waals surface area contributed by atoms with Crippen molar-refractivity contribution in [3.63, 3.8) is 0 Å². The second kappa shape index (κ2) is 8.10. The van der Waals surface area contributed by atoms with Crippen molar-refractivity contribution in [3.8, 4) is 11.5 Å². The van der Waals surface area contributed by atoms with Crippen molar-refractivity contribution in [2.75, 3.05) is 25.6 Å². The van der Waals surface area contributed by atoms with Gasteiger partial charge in [0.1, 0.15) is 18.1 Å². The first-order valence-corrected chi connectivity index (χ1v) is 8.45. The molecule has 2 aromatic carbocycles. The largest absolute Gasteiger partial charge is 0.495 e. The summed E-state index contributed by atoms with van der Waals surface area (Å²) in [4.78, 5) is 24.3. The van der Waals surface area contributed by atoms with Gasteiger partial charge in [0.25, 0.3) is 5.91 Å². The summed E-state index contributed by atoms with van der Waals surface area (Å²) in [5.74, 6) is -0.129. The molecule has 1 amide bonds. The number of nitrogens with one attached hydrogen (secondary N) is 1. The normalized spacial score (nSPS) is 15.4. The lowest BCUT2D eigenvalue weighted by atomic mass is 9.97. The van der Waals surface area contributed by atoms with E-state index in [2.05, 4.69) is 5.32 Å². The van der Waals surface area contributed by atoms with E-state index in [1.807, 2.05) is 24.3 Å². The van der Waals surface area contributed by atoms with Crippen molar-refractivity contribution in [1.29, 1.82) is 0 Å². The number of hydrogen-bond donors (Lipinski definition) is 1. The van der Waals surface area contributed by atoms with E-state index in [4.69, 9.17) is 25.8 Å². The van der Waals surface area contributed by atoms with Gasteiger partial charge in [0, 0.05) is 5.02 Å².